The van der Waals surface area contributed by atoms with Gasteiger partial charge in [0.1, 0.15) is 0 Å². The van der Waals surface area contributed by atoms with Crippen LogP contribution < -0.4 is 5.32 Å². The van der Waals surface area contributed by atoms with E-state index in [4.69, 9.17) is 4.74 Å². The van der Waals surface area contributed by atoms with Crippen molar-refractivity contribution in [3.05, 3.63) is 0 Å². The predicted octanol–water partition coefficient (Wildman–Crippen LogP) is 1.87. The van der Waals surface area contributed by atoms with Gasteiger partial charge in [0.2, 0.25) is 0 Å². The summed E-state index contributed by atoms with van der Waals surface area (Å²) in [6, 6.07) is 1.39. The maximum absolute atomic E-state index is 5.82. The van der Waals surface area contributed by atoms with E-state index in [1.807, 2.05) is 0 Å². The third-order valence-corrected chi connectivity index (χ3v) is 4.68. The minimum Gasteiger partial charge on any atom is -0.378 e. The highest BCUT2D eigenvalue weighted by Crippen LogP contribution is 2.45. The van der Waals surface area contributed by atoms with Gasteiger partial charge in [-0.15, -0.1) is 0 Å². The topological polar surface area (TPSA) is 24.5 Å². The Kier molecular flexibility index (Phi) is 4.11. The number of ether oxygens (including phenoxy) is 1. The van der Waals surface area contributed by atoms with Crippen LogP contribution in [0.4, 0.5) is 0 Å². The van der Waals surface area contributed by atoms with Gasteiger partial charge < -0.3 is 10.1 Å². The molecule has 3 atom stereocenters. The largest absolute Gasteiger partial charge is 0.378 e. The molecule has 2 aliphatic rings. The lowest BCUT2D eigenvalue weighted by Crippen LogP contribution is -2.62. The first-order valence-corrected chi connectivity index (χ1v) is 7.14. The SMILES string of the molecule is CCOC1CC(N2CCNC(C)CC2)C1(C)C. The summed E-state index contributed by atoms with van der Waals surface area (Å²) in [5.41, 5.74) is 0.323. The normalized spacial score (nSPS) is 38.5. The Bertz CT molecular complexity index is 255. The fourth-order valence-corrected chi connectivity index (χ4v) is 3.31. The molecule has 0 aromatic heterocycles. The van der Waals surface area contributed by atoms with Crippen LogP contribution >= 0.6 is 0 Å². The zero-order valence-corrected chi connectivity index (χ0v) is 11.8. The second-order valence-corrected chi connectivity index (χ2v) is 6.20. The molecule has 3 unspecified atom stereocenters. The molecule has 100 valence electrons. The minimum absolute atomic E-state index is 0.323. The highest BCUT2D eigenvalue weighted by molar-refractivity contribution is 5.04. The van der Waals surface area contributed by atoms with Crippen LogP contribution in [-0.2, 0) is 4.74 Å². The van der Waals surface area contributed by atoms with Gasteiger partial charge in [-0.05, 0) is 33.2 Å². The molecule has 1 heterocycles. The molecule has 0 aromatic carbocycles. The quantitative estimate of drug-likeness (QED) is 0.815. The van der Waals surface area contributed by atoms with Gasteiger partial charge >= 0.3 is 0 Å². The summed E-state index contributed by atoms with van der Waals surface area (Å²) >= 11 is 0. The third-order valence-electron chi connectivity index (χ3n) is 4.68. The molecule has 0 spiro atoms. The summed E-state index contributed by atoms with van der Waals surface area (Å²) < 4.78 is 5.82. The standard InChI is InChI=1S/C14H28N2O/c1-5-17-13-10-12(14(13,3)4)16-8-6-11(2)15-7-9-16/h11-13,15H,5-10H2,1-4H3. The summed E-state index contributed by atoms with van der Waals surface area (Å²) in [4.78, 5) is 2.67. The average molecular weight is 240 g/mol. The summed E-state index contributed by atoms with van der Waals surface area (Å²) in [5, 5.41) is 3.57. The summed E-state index contributed by atoms with van der Waals surface area (Å²) in [6.45, 7) is 13.5. The number of hydrogen-bond donors (Lipinski definition) is 1. The monoisotopic (exact) mass is 240 g/mol. The number of rotatable bonds is 3. The average Bonchev–Trinajstić information content (AvgIpc) is 2.49. The van der Waals surface area contributed by atoms with Crippen LogP contribution in [-0.4, -0.2) is 49.3 Å². The molecule has 0 radical (unpaired) electrons. The first-order chi connectivity index (χ1) is 8.05. The Morgan fingerprint density at radius 1 is 1.35 bits per heavy atom. The van der Waals surface area contributed by atoms with Crippen molar-refractivity contribution in [2.45, 2.75) is 58.7 Å². The molecule has 17 heavy (non-hydrogen) atoms. The summed E-state index contributed by atoms with van der Waals surface area (Å²) in [6.07, 6.45) is 2.95. The van der Waals surface area contributed by atoms with Crippen molar-refractivity contribution in [1.29, 1.82) is 0 Å². The van der Waals surface area contributed by atoms with E-state index < -0.39 is 0 Å². The third kappa shape index (κ3) is 2.67. The fraction of sp³-hybridized carbons (Fsp3) is 1.00. The van der Waals surface area contributed by atoms with Gasteiger partial charge in [0.25, 0.3) is 0 Å². The van der Waals surface area contributed by atoms with Crippen molar-refractivity contribution >= 4 is 0 Å². The van der Waals surface area contributed by atoms with E-state index in [2.05, 4.69) is 37.9 Å². The Balaban J connectivity index is 1.91. The van der Waals surface area contributed by atoms with Crippen LogP contribution in [0.25, 0.3) is 0 Å². The van der Waals surface area contributed by atoms with E-state index in [-0.39, 0.29) is 0 Å². The first kappa shape index (κ1) is 13.3. The Morgan fingerprint density at radius 2 is 2.12 bits per heavy atom. The molecule has 0 bridgehead atoms. The van der Waals surface area contributed by atoms with Gasteiger partial charge in [-0.2, -0.15) is 0 Å². The Morgan fingerprint density at radius 3 is 2.76 bits per heavy atom. The van der Waals surface area contributed by atoms with Crippen molar-refractivity contribution in [2.24, 2.45) is 5.41 Å². The molecule has 1 N–H and O–H groups in total. The second kappa shape index (κ2) is 5.25. The van der Waals surface area contributed by atoms with Crippen molar-refractivity contribution in [2.75, 3.05) is 26.2 Å². The molecule has 0 amide bonds. The summed E-state index contributed by atoms with van der Waals surface area (Å²) in [5.74, 6) is 0. The highest BCUT2D eigenvalue weighted by atomic mass is 16.5. The van der Waals surface area contributed by atoms with Crippen molar-refractivity contribution in [3.8, 4) is 0 Å². The van der Waals surface area contributed by atoms with Crippen LogP contribution in [0.15, 0.2) is 0 Å². The molecule has 1 aliphatic carbocycles. The van der Waals surface area contributed by atoms with Gasteiger partial charge in [0.15, 0.2) is 0 Å². The van der Waals surface area contributed by atoms with E-state index in [1.54, 1.807) is 0 Å². The maximum Gasteiger partial charge on any atom is 0.0655 e. The van der Waals surface area contributed by atoms with E-state index in [9.17, 15) is 0 Å². The van der Waals surface area contributed by atoms with Crippen LogP contribution in [0.1, 0.15) is 40.5 Å². The van der Waals surface area contributed by atoms with Crippen molar-refractivity contribution in [3.63, 3.8) is 0 Å². The molecule has 1 aliphatic heterocycles. The smallest absolute Gasteiger partial charge is 0.0655 e. The van der Waals surface area contributed by atoms with Gasteiger partial charge in [0, 0.05) is 37.2 Å². The molecule has 2 fully saturated rings. The number of nitrogens with zero attached hydrogens (tertiary/aromatic N) is 1. The van der Waals surface area contributed by atoms with Crippen molar-refractivity contribution in [1.82, 2.24) is 10.2 Å². The zero-order chi connectivity index (χ0) is 12.5. The molecule has 3 heteroatoms. The molecular formula is C14H28N2O. The zero-order valence-electron chi connectivity index (χ0n) is 11.8. The minimum atomic E-state index is 0.323. The van der Waals surface area contributed by atoms with Crippen LogP contribution in [0, 0.1) is 5.41 Å². The Labute approximate surface area is 106 Å². The molecule has 1 saturated carbocycles. The molecular weight excluding hydrogens is 212 g/mol. The lowest BCUT2D eigenvalue weighted by atomic mass is 9.63. The Hall–Kier alpha value is -0.120. The first-order valence-electron chi connectivity index (χ1n) is 7.14. The number of nitrogens with one attached hydrogen (secondary N) is 1. The second-order valence-electron chi connectivity index (χ2n) is 6.20. The van der Waals surface area contributed by atoms with E-state index >= 15 is 0 Å². The van der Waals surface area contributed by atoms with E-state index in [1.165, 1.54) is 25.9 Å². The molecule has 3 nitrogen and oxygen atoms in total. The van der Waals surface area contributed by atoms with Gasteiger partial charge in [-0.3, -0.25) is 4.90 Å². The van der Waals surface area contributed by atoms with Crippen molar-refractivity contribution < 1.29 is 4.74 Å². The molecule has 1 saturated heterocycles. The van der Waals surface area contributed by atoms with Crippen LogP contribution in [0.2, 0.25) is 0 Å². The lowest BCUT2D eigenvalue weighted by molar-refractivity contribution is -0.148. The predicted molar refractivity (Wildman–Crippen MR) is 71.3 cm³/mol. The van der Waals surface area contributed by atoms with E-state index in [0.29, 0.717) is 23.6 Å². The fourth-order valence-electron chi connectivity index (χ4n) is 3.31. The van der Waals surface area contributed by atoms with Gasteiger partial charge in [-0.25, -0.2) is 0 Å². The van der Waals surface area contributed by atoms with Crippen LogP contribution in [0.3, 0.4) is 0 Å². The molecule has 2 rings (SSSR count). The molecule has 0 aromatic rings. The van der Waals surface area contributed by atoms with E-state index in [0.717, 1.165) is 13.2 Å². The van der Waals surface area contributed by atoms with Gasteiger partial charge in [0.05, 0.1) is 6.10 Å². The maximum atomic E-state index is 5.82. The number of hydrogen-bond acceptors (Lipinski definition) is 3. The lowest BCUT2D eigenvalue weighted by Gasteiger charge is -2.55. The highest BCUT2D eigenvalue weighted by Gasteiger charge is 2.51. The van der Waals surface area contributed by atoms with Crippen LogP contribution in [0.5, 0.6) is 0 Å². The summed E-state index contributed by atoms with van der Waals surface area (Å²) in [7, 11) is 0. The van der Waals surface area contributed by atoms with Gasteiger partial charge in [-0.1, -0.05) is 13.8 Å².